The van der Waals surface area contributed by atoms with E-state index in [1.54, 1.807) is 0 Å². The number of esters is 2. The van der Waals surface area contributed by atoms with Crippen LogP contribution in [0.2, 0.25) is 0 Å². The van der Waals surface area contributed by atoms with Gasteiger partial charge in [-0.1, -0.05) is 0 Å². The average molecular weight is 129 g/mol. The fourth-order valence-electron chi connectivity index (χ4n) is 0.398. The first-order valence-corrected chi connectivity index (χ1v) is 1.99. The van der Waals surface area contributed by atoms with Crippen molar-refractivity contribution in [2.45, 2.75) is 0 Å². The van der Waals surface area contributed by atoms with Crippen LogP contribution in [0, 0.1) is 5.92 Å². The van der Waals surface area contributed by atoms with Gasteiger partial charge in [0.25, 0.3) is 5.92 Å². The summed E-state index contributed by atoms with van der Waals surface area (Å²) in [6.45, 7) is 0. The van der Waals surface area contributed by atoms with Crippen molar-refractivity contribution in [2.75, 3.05) is 0 Å². The lowest BCUT2D eigenvalue weighted by Crippen LogP contribution is -2.43. The summed E-state index contributed by atoms with van der Waals surface area (Å²) in [7, 11) is 0. The van der Waals surface area contributed by atoms with Crippen LogP contribution in [-0.4, -0.2) is 23.0 Å². The van der Waals surface area contributed by atoms with Crippen molar-refractivity contribution in [2.24, 2.45) is 0 Å². The molecule has 5 heteroatoms. The summed E-state index contributed by atoms with van der Waals surface area (Å²) in [4.78, 5) is 29.9. The second kappa shape index (κ2) is 1.54. The average Bonchev–Trinajstić information content (AvgIpc) is 1.62. The van der Waals surface area contributed by atoms with Crippen LogP contribution in [-0.2, 0) is 19.1 Å². The minimum absolute atomic E-state index is 0.796. The van der Waals surface area contributed by atoms with Gasteiger partial charge in [-0.15, -0.1) is 0 Å². The number of rotatable bonds is 1. The van der Waals surface area contributed by atoms with Crippen molar-refractivity contribution in [3.8, 4) is 0 Å². The molecule has 0 aliphatic carbocycles. The van der Waals surface area contributed by atoms with Crippen molar-refractivity contribution < 1.29 is 24.2 Å². The molecule has 5 nitrogen and oxygen atoms in total. The lowest BCUT2D eigenvalue weighted by Gasteiger charge is -2.15. The number of carboxylic acids is 1. The highest BCUT2D eigenvalue weighted by atomic mass is 16.6. The van der Waals surface area contributed by atoms with Gasteiger partial charge in [-0.2, -0.15) is 0 Å². The summed E-state index contributed by atoms with van der Waals surface area (Å²) in [5.41, 5.74) is 0. The Labute approximate surface area is 49.2 Å². The molecule has 0 aromatic heterocycles. The van der Waals surface area contributed by atoms with Gasteiger partial charge in [-0.3, -0.25) is 4.79 Å². The Balaban J connectivity index is 2.70. The monoisotopic (exact) mass is 129 g/mol. The van der Waals surface area contributed by atoms with Gasteiger partial charge in [-0.05, 0) is 0 Å². The van der Waals surface area contributed by atoms with Crippen LogP contribution in [0.3, 0.4) is 0 Å². The lowest BCUT2D eigenvalue weighted by molar-refractivity contribution is -0.173. The first kappa shape index (κ1) is 5.74. The molecular weight excluding hydrogens is 128 g/mol. The molecule has 1 N–H and O–H groups in total. The van der Waals surface area contributed by atoms with E-state index in [4.69, 9.17) is 5.11 Å². The quantitative estimate of drug-likeness (QED) is 0.352. The zero-order valence-electron chi connectivity index (χ0n) is 4.08. The topological polar surface area (TPSA) is 80.7 Å². The third kappa shape index (κ3) is 0.658. The fraction of sp³-hybridized carbons (Fsp3) is 0. The van der Waals surface area contributed by atoms with E-state index in [1.807, 2.05) is 0 Å². The van der Waals surface area contributed by atoms with E-state index in [-0.39, 0.29) is 0 Å². The number of carboxylic acid groups (broad SMARTS) is 1. The van der Waals surface area contributed by atoms with Crippen molar-refractivity contribution in [3.63, 3.8) is 0 Å². The minimum atomic E-state index is -1.53. The highest BCUT2D eigenvalue weighted by Crippen LogP contribution is 2.16. The van der Waals surface area contributed by atoms with Crippen LogP contribution in [0.4, 0.5) is 0 Å². The van der Waals surface area contributed by atoms with Crippen LogP contribution in [0.15, 0.2) is 0 Å². The maximum atomic E-state index is 10.0. The first-order chi connectivity index (χ1) is 4.13. The van der Waals surface area contributed by atoms with E-state index in [2.05, 4.69) is 4.74 Å². The molecule has 1 aliphatic heterocycles. The first-order valence-electron chi connectivity index (χ1n) is 1.99. The van der Waals surface area contributed by atoms with Crippen LogP contribution in [0.1, 0.15) is 0 Å². The molecule has 0 spiro atoms. The van der Waals surface area contributed by atoms with E-state index < -0.39 is 23.8 Å². The largest absolute Gasteiger partial charge is 0.480 e. The second-order valence-electron chi connectivity index (χ2n) is 1.36. The van der Waals surface area contributed by atoms with Crippen LogP contribution >= 0.6 is 0 Å². The Morgan fingerprint density at radius 1 is 1.33 bits per heavy atom. The number of carbonyl (C=O) groups excluding carboxylic acids is 2. The van der Waals surface area contributed by atoms with E-state index in [0.29, 0.717) is 0 Å². The molecule has 0 amide bonds. The van der Waals surface area contributed by atoms with Crippen molar-refractivity contribution in [1.82, 2.24) is 0 Å². The Bertz CT molecular complexity index is 168. The standard InChI is InChI=1S/C4HO5/c5-2(6)1-3(7)9-4(1)8/h(H,5,6). The van der Waals surface area contributed by atoms with Gasteiger partial charge in [0.05, 0.1) is 0 Å². The molecule has 1 heterocycles. The third-order valence-electron chi connectivity index (χ3n) is 0.808. The number of ether oxygens (including phenoxy) is 1. The van der Waals surface area contributed by atoms with Gasteiger partial charge in [0.2, 0.25) is 0 Å². The van der Waals surface area contributed by atoms with Gasteiger partial charge in [-0.25, -0.2) is 9.59 Å². The molecule has 0 bridgehead atoms. The van der Waals surface area contributed by atoms with Crippen molar-refractivity contribution in [3.05, 3.63) is 5.92 Å². The molecule has 1 aliphatic rings. The third-order valence-corrected chi connectivity index (χ3v) is 0.808. The predicted octanol–water partition coefficient (Wildman–Crippen LogP) is -1.27. The Morgan fingerprint density at radius 3 is 1.89 bits per heavy atom. The molecule has 1 rings (SSSR count). The summed E-state index contributed by atoms with van der Waals surface area (Å²) in [5, 5.41) is 8.02. The molecule has 1 radical (unpaired) electrons. The number of aliphatic carboxylic acids is 1. The summed E-state index contributed by atoms with van der Waals surface area (Å²) in [6.07, 6.45) is 0. The summed E-state index contributed by atoms with van der Waals surface area (Å²) in [6, 6.07) is 0. The number of hydrogen-bond acceptors (Lipinski definition) is 4. The minimum Gasteiger partial charge on any atom is -0.480 e. The molecule has 1 saturated heterocycles. The Morgan fingerprint density at radius 2 is 1.78 bits per heavy atom. The van der Waals surface area contributed by atoms with Gasteiger partial charge in [0.1, 0.15) is 0 Å². The number of hydrogen-bond donors (Lipinski definition) is 1. The summed E-state index contributed by atoms with van der Waals surface area (Å²) < 4.78 is 3.72. The maximum Gasteiger partial charge on any atom is 0.345 e. The van der Waals surface area contributed by atoms with Gasteiger partial charge < -0.3 is 9.84 Å². The van der Waals surface area contributed by atoms with Gasteiger partial charge >= 0.3 is 17.9 Å². The molecule has 0 atom stereocenters. The molecule has 0 aromatic carbocycles. The SMILES string of the molecule is O=C(O)[C]1C(=O)OC1=O. The molecule has 0 unspecified atom stereocenters. The van der Waals surface area contributed by atoms with E-state index in [9.17, 15) is 14.4 Å². The van der Waals surface area contributed by atoms with Crippen molar-refractivity contribution >= 4 is 17.9 Å². The van der Waals surface area contributed by atoms with Crippen LogP contribution in [0.25, 0.3) is 0 Å². The highest BCUT2D eigenvalue weighted by molar-refractivity contribution is 6.37. The highest BCUT2D eigenvalue weighted by Gasteiger charge is 2.49. The van der Waals surface area contributed by atoms with E-state index in [1.165, 1.54) is 0 Å². The molecular formula is C4HO5. The zero-order chi connectivity index (χ0) is 7.02. The summed E-state index contributed by atoms with van der Waals surface area (Å²) >= 11 is 0. The molecule has 0 saturated carbocycles. The second-order valence-corrected chi connectivity index (χ2v) is 1.36. The molecule has 9 heavy (non-hydrogen) atoms. The zero-order valence-corrected chi connectivity index (χ0v) is 4.08. The Kier molecular flexibility index (Phi) is 0.985. The van der Waals surface area contributed by atoms with E-state index >= 15 is 0 Å². The van der Waals surface area contributed by atoms with Crippen LogP contribution < -0.4 is 0 Å². The molecule has 47 valence electrons. The predicted molar refractivity (Wildman–Crippen MR) is 22.0 cm³/mol. The Hall–Kier alpha value is -1.39. The maximum absolute atomic E-state index is 10.0. The number of cyclic esters (lactones) is 2. The molecule has 1 fully saturated rings. The summed E-state index contributed by atoms with van der Waals surface area (Å²) in [5.74, 6) is -4.45. The molecule has 0 aromatic rings. The van der Waals surface area contributed by atoms with Crippen LogP contribution in [0.5, 0.6) is 0 Å². The number of carbonyl (C=O) groups is 3. The van der Waals surface area contributed by atoms with Crippen molar-refractivity contribution in [1.29, 1.82) is 0 Å². The van der Waals surface area contributed by atoms with Gasteiger partial charge in [0.15, 0.2) is 0 Å². The fourth-order valence-corrected chi connectivity index (χ4v) is 0.398. The smallest absolute Gasteiger partial charge is 0.345 e. The van der Waals surface area contributed by atoms with Gasteiger partial charge in [0, 0.05) is 0 Å². The normalized spacial score (nSPS) is 18.7. The lowest BCUT2D eigenvalue weighted by atomic mass is 10.1. The van der Waals surface area contributed by atoms with E-state index in [0.717, 1.165) is 0 Å².